The topological polar surface area (TPSA) is 125 Å². The van der Waals surface area contributed by atoms with Gasteiger partial charge in [-0.2, -0.15) is 36.7 Å². The van der Waals surface area contributed by atoms with Crippen molar-refractivity contribution in [2.24, 2.45) is 5.41 Å². The number of halogens is 6. The maximum Gasteiger partial charge on any atom is 0.435 e. The Morgan fingerprint density at radius 2 is 1.65 bits per heavy atom. The van der Waals surface area contributed by atoms with E-state index in [4.69, 9.17) is 0 Å². The van der Waals surface area contributed by atoms with Gasteiger partial charge in [-0.1, -0.05) is 0 Å². The summed E-state index contributed by atoms with van der Waals surface area (Å²) in [7, 11) is -4.31. The molecule has 1 aliphatic heterocycles. The van der Waals surface area contributed by atoms with Crippen LogP contribution in [-0.2, 0) is 25.6 Å². The summed E-state index contributed by atoms with van der Waals surface area (Å²) in [5.41, 5.74) is -4.92. The quantitative estimate of drug-likeness (QED) is 0.517. The number of rotatable bonds is 6. The van der Waals surface area contributed by atoms with E-state index < -0.39 is 87.8 Å². The van der Waals surface area contributed by atoms with Gasteiger partial charge in [0.15, 0.2) is 15.5 Å². The highest BCUT2D eigenvalue weighted by molar-refractivity contribution is 7.92. The number of hydrogen-bond acceptors (Lipinski definition) is 6. The van der Waals surface area contributed by atoms with E-state index in [1.807, 2.05) is 6.07 Å². The van der Waals surface area contributed by atoms with Gasteiger partial charge in [0.25, 0.3) is 0 Å². The van der Waals surface area contributed by atoms with Crippen LogP contribution in [0.4, 0.5) is 26.3 Å². The minimum absolute atomic E-state index is 0.113. The summed E-state index contributed by atoms with van der Waals surface area (Å²) in [6.07, 6.45) is -9.35. The van der Waals surface area contributed by atoms with E-state index in [9.17, 15) is 49.6 Å². The summed E-state index contributed by atoms with van der Waals surface area (Å²) in [5.74, 6) is -2.29. The van der Waals surface area contributed by atoms with Crippen molar-refractivity contribution in [1.82, 2.24) is 20.0 Å². The maximum absolute atomic E-state index is 13.7. The van der Waals surface area contributed by atoms with Crippen molar-refractivity contribution in [3.63, 3.8) is 0 Å². The summed E-state index contributed by atoms with van der Waals surface area (Å²) < 4.78 is 108. The summed E-state index contributed by atoms with van der Waals surface area (Å²) in [5, 5.41) is 13.7. The lowest BCUT2D eigenvalue weighted by Gasteiger charge is -2.29. The zero-order valence-corrected chi connectivity index (χ0v) is 21.3. The lowest BCUT2D eigenvalue weighted by atomic mass is 10.0. The Labute approximate surface area is 223 Å². The number of amides is 2. The first kappa shape index (κ1) is 27.9. The first-order valence-electron chi connectivity index (χ1n) is 12.1. The summed E-state index contributed by atoms with van der Waals surface area (Å²) >= 11 is 0. The van der Waals surface area contributed by atoms with Gasteiger partial charge in [0.2, 0.25) is 11.8 Å². The monoisotopic (exact) mass is 589 g/mol. The highest BCUT2D eigenvalue weighted by atomic mass is 32.2. The van der Waals surface area contributed by atoms with Crippen LogP contribution in [0.25, 0.3) is 5.69 Å². The van der Waals surface area contributed by atoms with Crippen molar-refractivity contribution in [3.8, 4) is 11.8 Å². The van der Waals surface area contributed by atoms with Gasteiger partial charge >= 0.3 is 12.4 Å². The highest BCUT2D eigenvalue weighted by Gasteiger charge is 2.70. The molecular weight excluding hydrogens is 568 g/mol. The average Bonchev–Trinajstić information content (AvgIpc) is 3.74. The van der Waals surface area contributed by atoms with E-state index >= 15 is 0 Å². The molecule has 0 bridgehead atoms. The molecule has 1 aromatic carbocycles. The first-order chi connectivity index (χ1) is 18.5. The Hall–Kier alpha value is -3.61. The third-order valence-corrected chi connectivity index (χ3v) is 9.75. The second-order valence-corrected chi connectivity index (χ2v) is 12.5. The fourth-order valence-corrected chi connectivity index (χ4v) is 6.52. The molecular formula is C24H21F6N5O4S. The second kappa shape index (κ2) is 8.95. The molecule has 1 N–H and O–H groups in total. The molecule has 2 saturated carbocycles. The van der Waals surface area contributed by atoms with Gasteiger partial charge in [-0.3, -0.25) is 9.59 Å². The normalized spacial score (nSPS) is 23.4. The number of carbonyl (C=O) groups excluding carboxylic acids is 2. The zero-order chi connectivity index (χ0) is 29.3. The molecule has 2 aliphatic carbocycles. The largest absolute Gasteiger partial charge is 0.435 e. The van der Waals surface area contributed by atoms with E-state index in [1.54, 1.807) is 0 Å². The summed E-state index contributed by atoms with van der Waals surface area (Å²) in [4.78, 5) is 26.5. The van der Waals surface area contributed by atoms with Crippen LogP contribution in [0.5, 0.6) is 0 Å². The van der Waals surface area contributed by atoms with Crippen molar-refractivity contribution in [1.29, 1.82) is 5.26 Å². The summed E-state index contributed by atoms with van der Waals surface area (Å²) in [6, 6.07) is 5.73. The van der Waals surface area contributed by atoms with Gasteiger partial charge in [0.05, 0.1) is 21.9 Å². The van der Waals surface area contributed by atoms with Gasteiger partial charge < -0.3 is 10.2 Å². The van der Waals surface area contributed by atoms with Crippen LogP contribution >= 0.6 is 0 Å². The fourth-order valence-electron chi connectivity index (χ4n) is 4.82. The number of nitrogens with zero attached hydrogens (tertiary/aromatic N) is 4. The van der Waals surface area contributed by atoms with Crippen LogP contribution in [0.3, 0.4) is 0 Å². The van der Waals surface area contributed by atoms with Gasteiger partial charge in [-0.15, -0.1) is 0 Å². The lowest BCUT2D eigenvalue weighted by molar-refractivity contribution is -0.199. The number of carbonyl (C=O) groups is 2. The fraction of sp³-hybridized carbons (Fsp3) is 0.500. The molecule has 3 aliphatic rings. The summed E-state index contributed by atoms with van der Waals surface area (Å²) in [6.45, 7) is -0.674. The van der Waals surface area contributed by atoms with Crippen LogP contribution in [0, 0.1) is 16.7 Å². The standard InChI is InChI=1S/C24H21F6N5O4S/c25-23(26,27)18-5-10-35(33-18)14-1-3-15(4-2-14)40(38,39)16-11-17(19(36)32-21(13-31)6-7-21)34(12-16)20(37)22(8-9-22)24(28,29)30/h1-5,10,16-17H,6-9,11-12H2,(H,32,36). The average molecular weight is 590 g/mol. The van der Waals surface area contributed by atoms with Crippen molar-refractivity contribution >= 4 is 21.7 Å². The number of alkyl halides is 6. The lowest BCUT2D eigenvalue weighted by Crippen LogP contribution is -2.53. The van der Waals surface area contributed by atoms with Crippen LogP contribution in [-0.4, -0.2) is 64.5 Å². The van der Waals surface area contributed by atoms with E-state index in [2.05, 4.69) is 10.4 Å². The number of nitrogens with one attached hydrogen (secondary N) is 1. The van der Waals surface area contributed by atoms with Crippen LogP contribution in [0.15, 0.2) is 41.4 Å². The molecule has 1 aromatic heterocycles. The molecule has 214 valence electrons. The maximum atomic E-state index is 13.7. The van der Waals surface area contributed by atoms with E-state index in [0.29, 0.717) is 17.7 Å². The molecule has 9 nitrogen and oxygen atoms in total. The van der Waals surface area contributed by atoms with Crippen molar-refractivity contribution in [2.75, 3.05) is 6.54 Å². The molecule has 0 radical (unpaired) electrons. The number of benzene rings is 1. The predicted octanol–water partition coefficient (Wildman–Crippen LogP) is 3.15. The van der Waals surface area contributed by atoms with Crippen molar-refractivity contribution in [2.45, 2.75) is 66.2 Å². The highest BCUT2D eigenvalue weighted by Crippen LogP contribution is 2.59. The molecule has 40 heavy (non-hydrogen) atoms. The van der Waals surface area contributed by atoms with Crippen LogP contribution in [0.2, 0.25) is 0 Å². The number of likely N-dealkylation sites (tertiary alicyclic amines) is 1. The number of hydrogen-bond donors (Lipinski definition) is 1. The Balaban J connectivity index is 1.41. The molecule has 2 unspecified atom stereocenters. The Kier molecular flexibility index (Phi) is 6.25. The minimum atomic E-state index is -4.89. The van der Waals surface area contributed by atoms with Crippen LogP contribution in [0.1, 0.15) is 37.8 Å². The van der Waals surface area contributed by atoms with Gasteiger partial charge in [-0.25, -0.2) is 13.1 Å². The Morgan fingerprint density at radius 1 is 1.02 bits per heavy atom. The van der Waals surface area contributed by atoms with E-state index in [-0.39, 0.29) is 10.6 Å². The van der Waals surface area contributed by atoms with Gasteiger partial charge in [0.1, 0.15) is 17.0 Å². The number of nitriles is 1. The van der Waals surface area contributed by atoms with Gasteiger partial charge in [-0.05, 0) is 62.4 Å². The van der Waals surface area contributed by atoms with E-state index in [0.717, 1.165) is 29.1 Å². The number of sulfone groups is 1. The molecule has 1 saturated heterocycles. The van der Waals surface area contributed by atoms with E-state index in [1.165, 1.54) is 12.1 Å². The Morgan fingerprint density at radius 3 is 2.12 bits per heavy atom. The molecule has 3 fully saturated rings. The minimum Gasteiger partial charge on any atom is -0.336 e. The molecule has 2 aromatic rings. The molecule has 2 heterocycles. The smallest absolute Gasteiger partial charge is 0.336 e. The molecule has 16 heteroatoms. The third kappa shape index (κ3) is 4.69. The molecule has 0 spiro atoms. The number of aromatic nitrogens is 2. The predicted molar refractivity (Wildman–Crippen MR) is 123 cm³/mol. The molecule has 2 atom stereocenters. The third-order valence-electron chi connectivity index (χ3n) is 7.60. The first-order valence-corrected chi connectivity index (χ1v) is 13.7. The molecule has 2 amide bonds. The SMILES string of the molecule is N#CC1(NC(=O)C2CC(S(=O)(=O)c3ccc(-n4ccc(C(F)(F)F)n4)cc3)CN2C(=O)C2(C(F)(F)F)CC2)CC1. The second-order valence-electron chi connectivity index (χ2n) is 10.3. The Bertz CT molecular complexity index is 1500. The van der Waals surface area contributed by atoms with Gasteiger partial charge in [0, 0.05) is 12.7 Å². The van der Waals surface area contributed by atoms with Crippen molar-refractivity contribution < 1.29 is 44.3 Å². The van der Waals surface area contributed by atoms with Crippen molar-refractivity contribution in [3.05, 3.63) is 42.2 Å². The molecule has 5 rings (SSSR count). The van der Waals surface area contributed by atoms with Crippen LogP contribution < -0.4 is 5.32 Å². The zero-order valence-electron chi connectivity index (χ0n) is 20.5.